The third-order valence-corrected chi connectivity index (χ3v) is 4.56. The lowest BCUT2D eigenvalue weighted by atomic mass is 10.1. The minimum absolute atomic E-state index is 0.191. The van der Waals surface area contributed by atoms with Gasteiger partial charge in [-0.2, -0.15) is 0 Å². The standard InChI is InChI=1S/C24H23NO6/c1-28-18-7-6-8-19(14-18)31-15-17-13-16(11-12-22(17)29-2)23(26)25-21-10-5-4-9-20(21)24(27)30-3/h4-14H,15H2,1-3H3,(H,25,26). The Morgan fingerprint density at radius 2 is 1.61 bits per heavy atom. The minimum Gasteiger partial charge on any atom is -0.497 e. The Kier molecular flexibility index (Phi) is 7.11. The molecule has 0 spiro atoms. The van der Waals surface area contributed by atoms with E-state index in [1.165, 1.54) is 7.11 Å². The van der Waals surface area contributed by atoms with E-state index in [4.69, 9.17) is 18.9 Å². The first-order valence-corrected chi connectivity index (χ1v) is 9.48. The fourth-order valence-corrected chi connectivity index (χ4v) is 2.96. The van der Waals surface area contributed by atoms with Gasteiger partial charge in [0.1, 0.15) is 23.9 Å². The molecule has 0 saturated heterocycles. The first-order chi connectivity index (χ1) is 15.0. The largest absolute Gasteiger partial charge is 0.497 e. The number of hydrogen-bond acceptors (Lipinski definition) is 6. The summed E-state index contributed by atoms with van der Waals surface area (Å²) in [5, 5.41) is 2.76. The number of amides is 1. The Morgan fingerprint density at radius 1 is 0.839 bits per heavy atom. The fourth-order valence-electron chi connectivity index (χ4n) is 2.96. The number of esters is 1. The number of nitrogens with one attached hydrogen (secondary N) is 1. The molecule has 1 amide bonds. The van der Waals surface area contributed by atoms with E-state index in [1.807, 2.05) is 18.2 Å². The summed E-state index contributed by atoms with van der Waals surface area (Å²) in [5.74, 6) is 0.999. The van der Waals surface area contributed by atoms with Crippen LogP contribution in [0.15, 0.2) is 66.7 Å². The van der Waals surface area contributed by atoms with Crippen molar-refractivity contribution in [1.29, 1.82) is 0 Å². The summed E-state index contributed by atoms with van der Waals surface area (Å²) in [7, 11) is 4.43. The minimum atomic E-state index is -0.530. The molecule has 0 aliphatic heterocycles. The molecular weight excluding hydrogens is 398 g/mol. The maximum absolute atomic E-state index is 12.8. The lowest BCUT2D eigenvalue weighted by Crippen LogP contribution is -2.16. The quantitative estimate of drug-likeness (QED) is 0.546. The lowest BCUT2D eigenvalue weighted by Gasteiger charge is -2.13. The van der Waals surface area contributed by atoms with Crippen LogP contribution in [0.25, 0.3) is 0 Å². The SMILES string of the molecule is COC(=O)c1ccccc1NC(=O)c1ccc(OC)c(COc2cccc(OC)c2)c1. The van der Waals surface area contributed by atoms with E-state index in [0.717, 1.165) is 0 Å². The zero-order valence-corrected chi connectivity index (χ0v) is 17.5. The highest BCUT2D eigenvalue weighted by molar-refractivity contribution is 6.08. The summed E-state index contributed by atoms with van der Waals surface area (Å²) >= 11 is 0. The Balaban J connectivity index is 1.80. The molecule has 0 aliphatic carbocycles. The highest BCUT2D eigenvalue weighted by Gasteiger charge is 2.16. The smallest absolute Gasteiger partial charge is 0.339 e. The topological polar surface area (TPSA) is 83.1 Å². The summed E-state index contributed by atoms with van der Waals surface area (Å²) in [6, 6.07) is 18.9. The van der Waals surface area contributed by atoms with Crippen LogP contribution in [0.3, 0.4) is 0 Å². The summed E-state index contributed by atoms with van der Waals surface area (Å²) < 4.78 is 21.2. The second kappa shape index (κ2) is 10.2. The van der Waals surface area contributed by atoms with E-state index in [2.05, 4.69) is 5.32 Å². The van der Waals surface area contributed by atoms with E-state index >= 15 is 0 Å². The number of ether oxygens (including phenoxy) is 4. The molecule has 0 saturated carbocycles. The van der Waals surface area contributed by atoms with Crippen LogP contribution in [0.4, 0.5) is 5.69 Å². The molecule has 0 radical (unpaired) electrons. The summed E-state index contributed by atoms with van der Waals surface area (Å²) in [6.45, 7) is 0.191. The van der Waals surface area contributed by atoms with Gasteiger partial charge in [0.15, 0.2) is 0 Å². The molecular formula is C24H23NO6. The molecule has 3 rings (SSSR count). The summed E-state index contributed by atoms with van der Waals surface area (Å²) in [5.41, 5.74) is 1.72. The Labute approximate surface area is 180 Å². The molecule has 3 aromatic rings. The molecule has 0 aromatic heterocycles. The highest BCUT2D eigenvalue weighted by atomic mass is 16.5. The van der Waals surface area contributed by atoms with E-state index < -0.39 is 5.97 Å². The maximum atomic E-state index is 12.8. The van der Waals surface area contributed by atoms with Crippen LogP contribution in [0.1, 0.15) is 26.3 Å². The van der Waals surface area contributed by atoms with Gasteiger partial charge in [0.2, 0.25) is 0 Å². The third kappa shape index (κ3) is 5.33. The van der Waals surface area contributed by atoms with Gasteiger partial charge in [-0.3, -0.25) is 4.79 Å². The first-order valence-electron chi connectivity index (χ1n) is 9.48. The van der Waals surface area contributed by atoms with Gasteiger partial charge in [-0.25, -0.2) is 4.79 Å². The first kappa shape index (κ1) is 21.7. The van der Waals surface area contributed by atoms with E-state index in [0.29, 0.717) is 34.1 Å². The van der Waals surface area contributed by atoms with Crippen molar-refractivity contribution in [3.63, 3.8) is 0 Å². The van der Waals surface area contributed by atoms with Crippen molar-refractivity contribution in [3.8, 4) is 17.2 Å². The van der Waals surface area contributed by atoms with Gasteiger partial charge in [0, 0.05) is 17.2 Å². The van der Waals surface area contributed by atoms with Crippen LogP contribution in [0, 0.1) is 0 Å². The molecule has 160 valence electrons. The zero-order chi connectivity index (χ0) is 22.2. The Bertz CT molecular complexity index is 1080. The van der Waals surface area contributed by atoms with Gasteiger partial charge in [-0.05, 0) is 42.5 Å². The second-order valence-electron chi connectivity index (χ2n) is 6.49. The predicted octanol–water partition coefficient (Wildman–Crippen LogP) is 4.32. The molecule has 0 aliphatic rings. The van der Waals surface area contributed by atoms with Crippen molar-refractivity contribution in [1.82, 2.24) is 0 Å². The number of para-hydroxylation sites is 1. The Hall–Kier alpha value is -4.00. The number of anilines is 1. The van der Waals surface area contributed by atoms with Gasteiger partial charge in [-0.1, -0.05) is 18.2 Å². The molecule has 7 heteroatoms. The van der Waals surface area contributed by atoms with Crippen LogP contribution in [0.2, 0.25) is 0 Å². The number of carbonyl (C=O) groups excluding carboxylic acids is 2. The van der Waals surface area contributed by atoms with Crippen molar-refractivity contribution in [2.75, 3.05) is 26.6 Å². The molecule has 1 N–H and O–H groups in total. The van der Waals surface area contributed by atoms with E-state index in [1.54, 1.807) is 62.8 Å². The average molecular weight is 421 g/mol. The number of carbonyl (C=O) groups is 2. The van der Waals surface area contributed by atoms with Gasteiger partial charge in [0.05, 0.1) is 32.6 Å². The van der Waals surface area contributed by atoms with Crippen LogP contribution in [0.5, 0.6) is 17.2 Å². The van der Waals surface area contributed by atoms with Crippen molar-refractivity contribution < 1.29 is 28.5 Å². The van der Waals surface area contributed by atoms with Crippen molar-refractivity contribution in [2.45, 2.75) is 6.61 Å². The normalized spacial score (nSPS) is 10.2. The Morgan fingerprint density at radius 3 is 2.35 bits per heavy atom. The molecule has 0 heterocycles. The third-order valence-electron chi connectivity index (χ3n) is 4.56. The highest BCUT2D eigenvalue weighted by Crippen LogP contribution is 2.25. The van der Waals surface area contributed by atoms with Crippen LogP contribution < -0.4 is 19.5 Å². The predicted molar refractivity (Wildman–Crippen MR) is 116 cm³/mol. The average Bonchev–Trinajstić information content (AvgIpc) is 2.82. The molecule has 31 heavy (non-hydrogen) atoms. The number of methoxy groups -OCH3 is 3. The monoisotopic (exact) mass is 421 g/mol. The molecule has 7 nitrogen and oxygen atoms in total. The van der Waals surface area contributed by atoms with Gasteiger partial charge in [0.25, 0.3) is 5.91 Å². The van der Waals surface area contributed by atoms with Crippen LogP contribution in [-0.2, 0) is 11.3 Å². The fraction of sp³-hybridized carbons (Fsp3) is 0.167. The summed E-state index contributed by atoms with van der Waals surface area (Å²) in [6.07, 6.45) is 0. The van der Waals surface area contributed by atoms with Gasteiger partial charge in [-0.15, -0.1) is 0 Å². The van der Waals surface area contributed by atoms with Crippen molar-refractivity contribution in [3.05, 3.63) is 83.4 Å². The number of rotatable bonds is 8. The lowest BCUT2D eigenvalue weighted by molar-refractivity contribution is 0.0602. The van der Waals surface area contributed by atoms with Gasteiger partial charge < -0.3 is 24.3 Å². The van der Waals surface area contributed by atoms with E-state index in [-0.39, 0.29) is 18.1 Å². The van der Waals surface area contributed by atoms with Crippen molar-refractivity contribution in [2.24, 2.45) is 0 Å². The van der Waals surface area contributed by atoms with Crippen LogP contribution >= 0.6 is 0 Å². The molecule has 3 aromatic carbocycles. The molecule has 0 bridgehead atoms. The zero-order valence-electron chi connectivity index (χ0n) is 17.5. The maximum Gasteiger partial charge on any atom is 0.339 e. The molecule has 0 fully saturated rings. The molecule has 0 unspecified atom stereocenters. The molecule has 0 atom stereocenters. The van der Waals surface area contributed by atoms with Crippen LogP contribution in [-0.4, -0.2) is 33.2 Å². The van der Waals surface area contributed by atoms with Gasteiger partial charge >= 0.3 is 5.97 Å². The number of hydrogen-bond donors (Lipinski definition) is 1. The summed E-state index contributed by atoms with van der Waals surface area (Å²) in [4.78, 5) is 24.8. The van der Waals surface area contributed by atoms with E-state index in [9.17, 15) is 9.59 Å². The number of benzene rings is 3. The van der Waals surface area contributed by atoms with Crippen molar-refractivity contribution >= 4 is 17.6 Å². The second-order valence-corrected chi connectivity index (χ2v) is 6.49.